The smallest absolute Gasteiger partial charge is 0.0543 e. The monoisotopic (exact) mass is 170 g/mol. The molecule has 0 radical (unpaired) electrons. The van der Waals surface area contributed by atoms with Gasteiger partial charge in [-0.3, -0.25) is 0 Å². The van der Waals surface area contributed by atoms with E-state index in [1.165, 1.54) is 25.7 Å². The first-order valence-corrected chi connectivity index (χ1v) is 5.40. The van der Waals surface area contributed by atoms with Crippen LogP contribution in [0.25, 0.3) is 0 Å². The van der Waals surface area contributed by atoms with E-state index in [0.717, 1.165) is 24.7 Å². The molecule has 3 unspecified atom stereocenters. The third kappa shape index (κ3) is 3.14. The van der Waals surface area contributed by atoms with Crippen LogP contribution in [0.15, 0.2) is 0 Å². The quantitative estimate of drug-likeness (QED) is 0.687. The Morgan fingerprint density at radius 1 is 1.42 bits per heavy atom. The van der Waals surface area contributed by atoms with Crippen molar-refractivity contribution >= 4 is 0 Å². The van der Waals surface area contributed by atoms with E-state index in [1.807, 2.05) is 0 Å². The summed E-state index contributed by atoms with van der Waals surface area (Å²) in [6.07, 6.45) is 7.38. The van der Waals surface area contributed by atoms with Gasteiger partial charge in [0.05, 0.1) is 6.10 Å². The molecule has 1 heteroatoms. The summed E-state index contributed by atoms with van der Waals surface area (Å²) in [5.74, 6) is 1.69. The zero-order valence-corrected chi connectivity index (χ0v) is 8.42. The Morgan fingerprint density at radius 2 is 2.17 bits per heavy atom. The summed E-state index contributed by atoms with van der Waals surface area (Å²) < 4.78 is 0. The summed E-state index contributed by atoms with van der Waals surface area (Å²) in [6.45, 7) is 4.59. The van der Waals surface area contributed by atoms with Crippen LogP contribution in [0, 0.1) is 11.8 Å². The van der Waals surface area contributed by atoms with Gasteiger partial charge < -0.3 is 5.11 Å². The van der Waals surface area contributed by atoms with Crippen molar-refractivity contribution in [1.29, 1.82) is 0 Å². The van der Waals surface area contributed by atoms with Gasteiger partial charge in [-0.25, -0.2) is 0 Å². The second-order valence-electron chi connectivity index (χ2n) is 4.46. The molecule has 12 heavy (non-hydrogen) atoms. The molecule has 0 saturated heterocycles. The fourth-order valence-electron chi connectivity index (χ4n) is 2.44. The second-order valence-corrected chi connectivity index (χ2v) is 4.46. The Kier molecular flexibility index (Phi) is 4.07. The topological polar surface area (TPSA) is 20.2 Å². The van der Waals surface area contributed by atoms with Crippen LogP contribution in [0.2, 0.25) is 0 Å². The highest BCUT2D eigenvalue weighted by molar-refractivity contribution is 4.75. The Balaban J connectivity index is 2.14. The van der Waals surface area contributed by atoms with Gasteiger partial charge in [-0.2, -0.15) is 0 Å². The molecule has 0 bridgehead atoms. The number of aliphatic hydroxyl groups is 1. The summed E-state index contributed by atoms with van der Waals surface area (Å²) in [5.41, 5.74) is 0. The SMILES string of the molecule is CCCC(C)CC1CCC(O)C1. The Hall–Kier alpha value is -0.0400. The minimum atomic E-state index is 0.0174. The fraction of sp³-hybridized carbons (Fsp3) is 1.00. The number of aliphatic hydroxyl groups excluding tert-OH is 1. The molecular formula is C11H22O. The molecule has 0 spiro atoms. The van der Waals surface area contributed by atoms with Crippen LogP contribution < -0.4 is 0 Å². The maximum absolute atomic E-state index is 9.34. The van der Waals surface area contributed by atoms with Crippen molar-refractivity contribution in [3.05, 3.63) is 0 Å². The summed E-state index contributed by atoms with van der Waals surface area (Å²) >= 11 is 0. The van der Waals surface area contributed by atoms with Crippen LogP contribution in [0.3, 0.4) is 0 Å². The molecule has 1 aliphatic carbocycles. The van der Waals surface area contributed by atoms with Gasteiger partial charge in [0.25, 0.3) is 0 Å². The van der Waals surface area contributed by atoms with Crippen LogP contribution in [0.4, 0.5) is 0 Å². The number of hydrogen-bond acceptors (Lipinski definition) is 1. The van der Waals surface area contributed by atoms with Crippen LogP contribution in [-0.4, -0.2) is 11.2 Å². The Labute approximate surface area is 76.2 Å². The molecule has 0 aliphatic heterocycles. The van der Waals surface area contributed by atoms with Gasteiger partial charge in [0.1, 0.15) is 0 Å². The van der Waals surface area contributed by atoms with Crippen molar-refractivity contribution in [2.45, 2.75) is 58.5 Å². The van der Waals surface area contributed by atoms with Crippen LogP contribution in [0.1, 0.15) is 52.4 Å². The van der Waals surface area contributed by atoms with Gasteiger partial charge in [-0.15, -0.1) is 0 Å². The largest absolute Gasteiger partial charge is 0.393 e. The van der Waals surface area contributed by atoms with Crippen molar-refractivity contribution in [3.63, 3.8) is 0 Å². The number of rotatable bonds is 4. The summed E-state index contributed by atoms with van der Waals surface area (Å²) in [6, 6.07) is 0. The van der Waals surface area contributed by atoms with Crippen LogP contribution in [0.5, 0.6) is 0 Å². The van der Waals surface area contributed by atoms with Crippen LogP contribution in [-0.2, 0) is 0 Å². The molecule has 72 valence electrons. The average molecular weight is 170 g/mol. The first kappa shape index (κ1) is 10.0. The third-order valence-corrected chi connectivity index (χ3v) is 3.03. The zero-order valence-electron chi connectivity index (χ0n) is 8.42. The minimum absolute atomic E-state index is 0.0174. The van der Waals surface area contributed by atoms with E-state index < -0.39 is 0 Å². The first-order valence-electron chi connectivity index (χ1n) is 5.40. The van der Waals surface area contributed by atoms with E-state index in [1.54, 1.807) is 0 Å². The molecule has 1 fully saturated rings. The molecule has 1 saturated carbocycles. The summed E-state index contributed by atoms with van der Waals surface area (Å²) in [7, 11) is 0. The van der Waals surface area contributed by atoms with Gasteiger partial charge in [0.15, 0.2) is 0 Å². The van der Waals surface area contributed by atoms with E-state index in [9.17, 15) is 5.11 Å². The van der Waals surface area contributed by atoms with E-state index in [0.29, 0.717) is 0 Å². The predicted octanol–water partition coefficient (Wildman–Crippen LogP) is 2.97. The van der Waals surface area contributed by atoms with Crippen molar-refractivity contribution < 1.29 is 5.11 Å². The van der Waals surface area contributed by atoms with E-state index in [-0.39, 0.29) is 6.10 Å². The molecule has 1 N–H and O–H groups in total. The minimum Gasteiger partial charge on any atom is -0.393 e. The highest BCUT2D eigenvalue weighted by Crippen LogP contribution is 2.31. The van der Waals surface area contributed by atoms with Crippen molar-refractivity contribution in [2.75, 3.05) is 0 Å². The van der Waals surface area contributed by atoms with Crippen molar-refractivity contribution in [3.8, 4) is 0 Å². The molecule has 1 nitrogen and oxygen atoms in total. The average Bonchev–Trinajstić information content (AvgIpc) is 2.36. The third-order valence-electron chi connectivity index (χ3n) is 3.03. The molecule has 0 aromatic carbocycles. The van der Waals surface area contributed by atoms with Gasteiger partial charge in [0.2, 0.25) is 0 Å². The predicted molar refractivity (Wildman–Crippen MR) is 52.0 cm³/mol. The fourth-order valence-corrected chi connectivity index (χ4v) is 2.44. The lowest BCUT2D eigenvalue weighted by Gasteiger charge is -2.15. The molecule has 0 aromatic heterocycles. The first-order chi connectivity index (χ1) is 5.72. The Bertz CT molecular complexity index is 122. The maximum atomic E-state index is 9.34. The molecule has 1 aliphatic rings. The molecule has 0 amide bonds. The second kappa shape index (κ2) is 4.86. The number of hydrogen-bond donors (Lipinski definition) is 1. The lowest BCUT2D eigenvalue weighted by Crippen LogP contribution is -2.05. The Morgan fingerprint density at radius 3 is 2.67 bits per heavy atom. The van der Waals surface area contributed by atoms with E-state index in [2.05, 4.69) is 13.8 Å². The van der Waals surface area contributed by atoms with Crippen molar-refractivity contribution in [1.82, 2.24) is 0 Å². The summed E-state index contributed by atoms with van der Waals surface area (Å²) in [4.78, 5) is 0. The van der Waals surface area contributed by atoms with Gasteiger partial charge in [-0.1, -0.05) is 26.7 Å². The van der Waals surface area contributed by atoms with Crippen molar-refractivity contribution in [2.24, 2.45) is 11.8 Å². The van der Waals surface area contributed by atoms with Gasteiger partial charge >= 0.3 is 0 Å². The van der Waals surface area contributed by atoms with Gasteiger partial charge in [0, 0.05) is 0 Å². The molecule has 3 atom stereocenters. The van der Waals surface area contributed by atoms with Crippen LogP contribution >= 0.6 is 0 Å². The maximum Gasteiger partial charge on any atom is 0.0543 e. The molecular weight excluding hydrogens is 148 g/mol. The lowest BCUT2D eigenvalue weighted by atomic mass is 9.92. The van der Waals surface area contributed by atoms with E-state index >= 15 is 0 Å². The van der Waals surface area contributed by atoms with Gasteiger partial charge in [-0.05, 0) is 37.5 Å². The lowest BCUT2D eigenvalue weighted by molar-refractivity contribution is 0.175. The summed E-state index contributed by atoms with van der Waals surface area (Å²) in [5, 5.41) is 9.34. The molecule has 0 aromatic rings. The normalized spacial score (nSPS) is 32.2. The standard InChI is InChI=1S/C11H22O/c1-3-4-9(2)7-10-5-6-11(12)8-10/h9-12H,3-8H2,1-2H3. The molecule has 0 heterocycles. The highest BCUT2D eigenvalue weighted by atomic mass is 16.3. The van der Waals surface area contributed by atoms with E-state index in [4.69, 9.17) is 0 Å². The molecule has 1 rings (SSSR count). The zero-order chi connectivity index (χ0) is 8.97. The highest BCUT2D eigenvalue weighted by Gasteiger charge is 2.23.